The van der Waals surface area contributed by atoms with Gasteiger partial charge in [-0.05, 0) is 58.7 Å². The molecule has 1 aliphatic heterocycles. The molecule has 2 aromatic carbocycles. The van der Waals surface area contributed by atoms with Crippen LogP contribution in [0.5, 0.6) is 0 Å². The number of benzene rings is 2. The second-order valence-electron chi connectivity index (χ2n) is 11.5. The lowest BCUT2D eigenvalue weighted by molar-refractivity contribution is -0.138. The number of aliphatic imine (C=N–C) groups is 1. The minimum Gasteiger partial charge on any atom is -0.444 e. The Morgan fingerprint density at radius 1 is 1.12 bits per heavy atom. The summed E-state index contributed by atoms with van der Waals surface area (Å²) in [6.07, 6.45) is -4.98. The first-order chi connectivity index (χ1) is 19.0. The number of alkyl carbamates (subject to hydrolysis) is 1. The lowest BCUT2D eigenvalue weighted by Gasteiger charge is -2.35. The predicted molar refractivity (Wildman–Crippen MR) is 140 cm³/mol. The number of alkyl halides is 3. The fraction of sp³-hybridized carbons (Fsp3) is 0.429. The number of halogens is 5. The van der Waals surface area contributed by atoms with E-state index < -0.39 is 52.0 Å². The van der Waals surface area contributed by atoms with Crippen molar-refractivity contribution in [3.05, 3.63) is 58.9 Å². The van der Waals surface area contributed by atoms with Crippen molar-refractivity contribution < 1.29 is 36.3 Å². The summed E-state index contributed by atoms with van der Waals surface area (Å²) in [5.41, 5.74) is -5.03. The Labute approximate surface area is 232 Å². The Kier molecular flexibility index (Phi) is 6.62. The first-order valence-electron chi connectivity index (χ1n) is 12.9. The van der Waals surface area contributed by atoms with Gasteiger partial charge in [0.1, 0.15) is 22.8 Å². The fourth-order valence-electron chi connectivity index (χ4n) is 4.94. The molecule has 0 bridgehead atoms. The Bertz CT molecular complexity index is 1600. The molecule has 0 radical (unpaired) electrons. The number of hydrogen-bond donors (Lipinski definition) is 1. The quantitative estimate of drug-likeness (QED) is 0.378. The molecule has 2 amide bonds. The molecule has 5 rings (SSSR count). The van der Waals surface area contributed by atoms with Crippen molar-refractivity contribution in [1.29, 1.82) is 0 Å². The van der Waals surface area contributed by atoms with Gasteiger partial charge in [0.25, 0.3) is 0 Å². The topological polar surface area (TPSA) is 88.8 Å². The molecule has 218 valence electrons. The highest BCUT2D eigenvalue weighted by Crippen LogP contribution is 2.46. The Balaban J connectivity index is 1.68. The molecule has 1 saturated carbocycles. The molecule has 1 aliphatic carbocycles. The lowest BCUT2D eigenvalue weighted by atomic mass is 9.86. The van der Waals surface area contributed by atoms with Crippen LogP contribution in [0.25, 0.3) is 16.7 Å². The highest BCUT2D eigenvalue weighted by atomic mass is 19.4. The highest BCUT2D eigenvalue weighted by molar-refractivity contribution is 6.05. The van der Waals surface area contributed by atoms with Crippen LogP contribution >= 0.6 is 0 Å². The molecule has 1 aromatic heterocycles. The second kappa shape index (κ2) is 9.52. The number of ether oxygens (including phenoxy) is 1. The monoisotopic (exact) mass is 577 g/mol. The van der Waals surface area contributed by atoms with E-state index in [1.54, 1.807) is 20.8 Å². The van der Waals surface area contributed by atoms with Gasteiger partial charge in [0, 0.05) is 18.5 Å². The number of rotatable bonds is 3. The SMILES string of the molecule is CN1C(=O)C[C@@](C)(c2cccc(-n3c(C4CC4)nc4ccc(F)c(C(F)(F)F)c43)c2F)N=C1NC(=O)OC(C)(C)C. The average molecular weight is 578 g/mol. The largest absolute Gasteiger partial charge is 0.444 e. The van der Waals surface area contributed by atoms with Crippen molar-refractivity contribution in [2.75, 3.05) is 7.05 Å². The van der Waals surface area contributed by atoms with Gasteiger partial charge in [0.15, 0.2) is 5.82 Å². The van der Waals surface area contributed by atoms with Crippen LogP contribution in [0.1, 0.15) is 69.8 Å². The lowest BCUT2D eigenvalue weighted by Crippen LogP contribution is -2.52. The Morgan fingerprint density at radius 2 is 1.80 bits per heavy atom. The van der Waals surface area contributed by atoms with E-state index in [9.17, 15) is 27.2 Å². The summed E-state index contributed by atoms with van der Waals surface area (Å²) in [4.78, 5) is 35.3. The summed E-state index contributed by atoms with van der Waals surface area (Å²) in [5.74, 6) is -3.17. The van der Waals surface area contributed by atoms with Gasteiger partial charge >= 0.3 is 12.3 Å². The third kappa shape index (κ3) is 5.24. The molecule has 0 saturated heterocycles. The Morgan fingerprint density at radius 3 is 2.41 bits per heavy atom. The van der Waals surface area contributed by atoms with Gasteiger partial charge < -0.3 is 4.74 Å². The summed E-state index contributed by atoms with van der Waals surface area (Å²) in [6.45, 7) is 6.44. The van der Waals surface area contributed by atoms with E-state index in [0.717, 1.165) is 15.5 Å². The number of carbonyl (C=O) groups is 2. The van der Waals surface area contributed by atoms with Crippen LogP contribution in [-0.4, -0.2) is 45.1 Å². The maximum atomic E-state index is 16.5. The van der Waals surface area contributed by atoms with E-state index in [1.165, 1.54) is 32.2 Å². The van der Waals surface area contributed by atoms with Gasteiger partial charge in [-0.25, -0.2) is 23.6 Å². The van der Waals surface area contributed by atoms with Gasteiger partial charge in [0.05, 0.1) is 28.7 Å². The molecular formula is C28H28F5N5O3. The number of imidazole rings is 1. The summed E-state index contributed by atoms with van der Waals surface area (Å²) in [6, 6.07) is 5.91. The van der Waals surface area contributed by atoms with Crippen molar-refractivity contribution in [2.45, 2.75) is 70.2 Å². The van der Waals surface area contributed by atoms with Crippen molar-refractivity contribution >= 4 is 29.0 Å². The molecular weight excluding hydrogens is 549 g/mol. The number of nitrogens with one attached hydrogen (secondary N) is 1. The zero-order chi connectivity index (χ0) is 30.1. The normalized spacial score (nSPS) is 19.9. The Hall–Kier alpha value is -4.03. The smallest absolute Gasteiger partial charge is 0.421 e. The number of fused-ring (bicyclic) bond motifs is 1. The third-order valence-corrected chi connectivity index (χ3v) is 6.97. The maximum absolute atomic E-state index is 16.5. The number of carbonyl (C=O) groups excluding carboxylic acids is 2. The molecule has 0 unspecified atom stereocenters. The molecule has 0 spiro atoms. The van der Waals surface area contributed by atoms with Crippen LogP contribution in [0, 0.1) is 11.6 Å². The number of amides is 2. The second-order valence-corrected chi connectivity index (χ2v) is 11.5. The minimum atomic E-state index is -5.07. The van der Waals surface area contributed by atoms with Crippen LogP contribution in [0.3, 0.4) is 0 Å². The van der Waals surface area contributed by atoms with E-state index in [0.29, 0.717) is 18.9 Å². The van der Waals surface area contributed by atoms with Gasteiger partial charge in [0.2, 0.25) is 11.9 Å². The standard InChI is InChI=1S/C28H28F5N5O3/c1-26(2,3)41-25(40)35-24-36-27(4,13-19(39)37(24)5)15-7-6-8-18(21(15)30)38-22-17(34-23(38)14-9-10-14)12-11-16(29)20(22)28(31,32)33/h6-8,11-12,14H,9-10,13H2,1-5H3,(H,35,36,40)/t27-/m0/s1. The first kappa shape index (κ1) is 28.5. The van der Waals surface area contributed by atoms with Crippen molar-refractivity contribution in [1.82, 2.24) is 19.8 Å². The van der Waals surface area contributed by atoms with Gasteiger partial charge in [-0.2, -0.15) is 13.2 Å². The van der Waals surface area contributed by atoms with Crippen molar-refractivity contribution in [3.8, 4) is 5.69 Å². The summed E-state index contributed by atoms with van der Waals surface area (Å²) in [5, 5.41) is 2.42. The predicted octanol–water partition coefficient (Wildman–Crippen LogP) is 6.16. The van der Waals surface area contributed by atoms with Crippen LogP contribution < -0.4 is 5.32 Å². The molecule has 13 heteroatoms. The van der Waals surface area contributed by atoms with Crippen molar-refractivity contribution in [2.24, 2.45) is 4.99 Å². The zero-order valence-electron chi connectivity index (χ0n) is 23.0. The molecule has 1 atom stereocenters. The average Bonchev–Trinajstić information content (AvgIpc) is 3.61. The zero-order valence-corrected chi connectivity index (χ0v) is 23.0. The third-order valence-electron chi connectivity index (χ3n) is 6.97. The highest BCUT2D eigenvalue weighted by Gasteiger charge is 2.43. The molecule has 8 nitrogen and oxygen atoms in total. The number of guanidine groups is 1. The number of hydrogen-bond acceptors (Lipinski definition) is 5. The van der Waals surface area contributed by atoms with Crippen LogP contribution in [0.2, 0.25) is 0 Å². The molecule has 2 heterocycles. The van der Waals surface area contributed by atoms with Crippen LogP contribution in [-0.2, 0) is 21.2 Å². The van der Waals surface area contributed by atoms with Gasteiger partial charge in [-0.1, -0.05) is 12.1 Å². The summed E-state index contributed by atoms with van der Waals surface area (Å²) >= 11 is 0. The van der Waals surface area contributed by atoms with Crippen molar-refractivity contribution in [3.63, 3.8) is 0 Å². The van der Waals surface area contributed by atoms with E-state index >= 15 is 4.39 Å². The molecule has 41 heavy (non-hydrogen) atoms. The van der Waals surface area contributed by atoms with E-state index in [2.05, 4.69) is 15.3 Å². The maximum Gasteiger partial charge on any atom is 0.421 e. The van der Waals surface area contributed by atoms with Gasteiger partial charge in [-0.3, -0.25) is 19.6 Å². The number of nitrogens with zero attached hydrogens (tertiary/aromatic N) is 4. The van der Waals surface area contributed by atoms with E-state index in [1.807, 2.05) is 0 Å². The summed E-state index contributed by atoms with van der Waals surface area (Å²) in [7, 11) is 1.39. The van der Waals surface area contributed by atoms with Crippen LogP contribution in [0.4, 0.5) is 26.7 Å². The molecule has 3 aromatic rings. The van der Waals surface area contributed by atoms with Gasteiger partial charge in [-0.15, -0.1) is 0 Å². The number of aromatic nitrogens is 2. The van der Waals surface area contributed by atoms with Crippen LogP contribution in [0.15, 0.2) is 35.3 Å². The first-order valence-corrected chi connectivity index (χ1v) is 12.9. The summed E-state index contributed by atoms with van der Waals surface area (Å²) < 4.78 is 79.7. The molecule has 2 aliphatic rings. The minimum absolute atomic E-state index is 0.103. The molecule has 1 fully saturated rings. The molecule has 1 N–H and O–H groups in total. The fourth-order valence-corrected chi connectivity index (χ4v) is 4.94. The van der Waals surface area contributed by atoms with E-state index in [-0.39, 0.29) is 40.9 Å². The van der Waals surface area contributed by atoms with E-state index in [4.69, 9.17) is 4.74 Å².